The molecule has 0 fully saturated rings. The first kappa shape index (κ1) is 15.2. The fraction of sp³-hybridized carbons (Fsp3) is 0.462. The van der Waals surface area contributed by atoms with Gasteiger partial charge < -0.3 is 20.5 Å². The average Bonchev–Trinajstić information content (AvgIpc) is 2.36. The lowest BCUT2D eigenvalue weighted by atomic mass is 10.2. The van der Waals surface area contributed by atoms with Crippen molar-refractivity contribution in [3.8, 4) is 5.75 Å². The molecule has 0 spiro atoms. The van der Waals surface area contributed by atoms with Gasteiger partial charge in [0.25, 0.3) is 0 Å². The van der Waals surface area contributed by atoms with Gasteiger partial charge in [-0.25, -0.2) is 9.18 Å². The quantitative estimate of drug-likeness (QED) is 0.741. The molecule has 0 aliphatic carbocycles. The molecule has 0 bridgehead atoms. The van der Waals surface area contributed by atoms with Gasteiger partial charge in [0.15, 0.2) is 0 Å². The van der Waals surface area contributed by atoms with Gasteiger partial charge in [-0.15, -0.1) is 0 Å². The molecule has 2 amide bonds. The zero-order valence-corrected chi connectivity index (χ0v) is 11.1. The summed E-state index contributed by atoms with van der Waals surface area (Å²) in [5.74, 6) is -0.0657. The number of rotatable bonds is 6. The van der Waals surface area contributed by atoms with E-state index in [1.54, 1.807) is 0 Å². The predicted octanol–water partition coefficient (Wildman–Crippen LogP) is 2.12. The summed E-state index contributed by atoms with van der Waals surface area (Å²) < 4.78 is 18.1. The van der Waals surface area contributed by atoms with Crippen LogP contribution in [0.25, 0.3) is 0 Å². The van der Waals surface area contributed by atoms with Crippen molar-refractivity contribution in [1.82, 2.24) is 5.32 Å². The van der Waals surface area contributed by atoms with Crippen LogP contribution in [0.3, 0.4) is 0 Å². The van der Waals surface area contributed by atoms with Crippen molar-refractivity contribution in [2.45, 2.75) is 25.8 Å². The second-order valence-electron chi connectivity index (χ2n) is 4.21. The molecule has 6 heteroatoms. The predicted molar refractivity (Wildman–Crippen MR) is 70.9 cm³/mol. The zero-order valence-electron chi connectivity index (χ0n) is 11.1. The van der Waals surface area contributed by atoms with Crippen molar-refractivity contribution >= 4 is 11.7 Å². The molecule has 106 valence electrons. The molecule has 19 heavy (non-hydrogen) atoms. The minimum atomic E-state index is -0.454. The molecule has 1 atom stereocenters. The van der Waals surface area contributed by atoms with Gasteiger partial charge in [-0.1, -0.05) is 0 Å². The number of aliphatic hydroxyl groups excluding tert-OH is 1. The molecule has 1 rings (SSSR count). The van der Waals surface area contributed by atoms with E-state index in [4.69, 9.17) is 9.84 Å². The molecule has 3 N–H and O–H groups in total. The van der Waals surface area contributed by atoms with Crippen molar-refractivity contribution in [3.63, 3.8) is 0 Å². The number of benzene rings is 1. The average molecular weight is 270 g/mol. The van der Waals surface area contributed by atoms with E-state index in [1.807, 2.05) is 6.92 Å². The number of aliphatic hydroxyl groups is 1. The van der Waals surface area contributed by atoms with Crippen molar-refractivity contribution in [2.75, 3.05) is 19.0 Å². The van der Waals surface area contributed by atoms with Crippen molar-refractivity contribution in [3.05, 3.63) is 24.0 Å². The highest BCUT2D eigenvalue weighted by Gasteiger charge is 2.10. The van der Waals surface area contributed by atoms with E-state index in [2.05, 4.69) is 10.6 Å². The highest BCUT2D eigenvalue weighted by molar-refractivity contribution is 5.91. The molecule has 0 aromatic heterocycles. The number of carbonyl (C=O) groups excluding carboxylic acids is 1. The maximum absolute atomic E-state index is 13.1. The first-order valence-electron chi connectivity index (χ1n) is 6.08. The number of methoxy groups -OCH3 is 1. The lowest BCUT2D eigenvalue weighted by molar-refractivity contribution is 0.245. The number of urea groups is 1. The number of hydrogen-bond donors (Lipinski definition) is 3. The fourth-order valence-electron chi connectivity index (χ4n) is 1.63. The summed E-state index contributed by atoms with van der Waals surface area (Å²) in [5, 5.41) is 13.9. The van der Waals surface area contributed by atoms with E-state index in [0.29, 0.717) is 18.6 Å². The number of nitrogens with one attached hydrogen (secondary N) is 2. The van der Waals surface area contributed by atoms with E-state index in [1.165, 1.54) is 25.3 Å². The third kappa shape index (κ3) is 5.13. The van der Waals surface area contributed by atoms with Crippen LogP contribution in [0.15, 0.2) is 18.2 Å². The van der Waals surface area contributed by atoms with E-state index in [0.717, 1.165) is 0 Å². The monoisotopic (exact) mass is 270 g/mol. The molecule has 1 aromatic rings. The van der Waals surface area contributed by atoms with Gasteiger partial charge in [-0.2, -0.15) is 0 Å². The smallest absolute Gasteiger partial charge is 0.319 e. The van der Waals surface area contributed by atoms with Gasteiger partial charge in [-0.05, 0) is 31.9 Å². The van der Waals surface area contributed by atoms with Gasteiger partial charge in [0.2, 0.25) is 0 Å². The van der Waals surface area contributed by atoms with Crippen LogP contribution in [0.5, 0.6) is 5.75 Å². The van der Waals surface area contributed by atoms with Gasteiger partial charge in [0, 0.05) is 18.7 Å². The molecule has 1 aromatic carbocycles. The number of ether oxygens (including phenoxy) is 1. The Bertz CT molecular complexity index is 426. The van der Waals surface area contributed by atoms with Crippen molar-refractivity contribution < 1.29 is 19.0 Å². The minimum Gasteiger partial charge on any atom is -0.495 e. The van der Waals surface area contributed by atoms with Gasteiger partial charge >= 0.3 is 6.03 Å². The lowest BCUT2D eigenvalue weighted by Gasteiger charge is -2.15. The Morgan fingerprint density at radius 2 is 2.26 bits per heavy atom. The number of carbonyl (C=O) groups is 1. The van der Waals surface area contributed by atoms with E-state index in [9.17, 15) is 9.18 Å². The van der Waals surface area contributed by atoms with Crippen LogP contribution in [0, 0.1) is 5.82 Å². The molecular formula is C13H19FN2O3. The number of anilines is 1. The first-order valence-corrected chi connectivity index (χ1v) is 6.08. The largest absolute Gasteiger partial charge is 0.495 e. The Labute approximate surface area is 111 Å². The maximum atomic E-state index is 13.1. The summed E-state index contributed by atoms with van der Waals surface area (Å²) >= 11 is 0. The van der Waals surface area contributed by atoms with E-state index in [-0.39, 0.29) is 18.3 Å². The highest BCUT2D eigenvalue weighted by Crippen LogP contribution is 2.24. The van der Waals surface area contributed by atoms with Crippen LogP contribution in [-0.2, 0) is 0 Å². The maximum Gasteiger partial charge on any atom is 0.319 e. The fourth-order valence-corrected chi connectivity index (χ4v) is 1.63. The third-order valence-electron chi connectivity index (χ3n) is 2.58. The van der Waals surface area contributed by atoms with Crippen LogP contribution in [0.1, 0.15) is 19.8 Å². The van der Waals surface area contributed by atoms with Crippen LogP contribution >= 0.6 is 0 Å². The van der Waals surface area contributed by atoms with Crippen LogP contribution < -0.4 is 15.4 Å². The minimum absolute atomic E-state index is 0.0771. The third-order valence-corrected chi connectivity index (χ3v) is 2.58. The first-order chi connectivity index (χ1) is 9.06. The highest BCUT2D eigenvalue weighted by atomic mass is 19.1. The molecule has 0 saturated carbocycles. The van der Waals surface area contributed by atoms with Crippen molar-refractivity contribution in [1.29, 1.82) is 0 Å². The molecule has 0 heterocycles. The molecule has 0 radical (unpaired) electrons. The lowest BCUT2D eigenvalue weighted by Crippen LogP contribution is -2.36. The summed E-state index contributed by atoms with van der Waals surface area (Å²) in [6.07, 6.45) is 1.29. The Morgan fingerprint density at radius 3 is 2.89 bits per heavy atom. The zero-order chi connectivity index (χ0) is 14.3. The van der Waals surface area contributed by atoms with E-state index < -0.39 is 11.8 Å². The summed E-state index contributed by atoms with van der Waals surface area (Å²) in [6, 6.07) is 3.38. The number of halogens is 1. The molecule has 0 saturated heterocycles. The van der Waals surface area contributed by atoms with E-state index >= 15 is 0 Å². The van der Waals surface area contributed by atoms with Crippen LogP contribution in [0.4, 0.5) is 14.9 Å². The normalized spacial score (nSPS) is 11.8. The van der Waals surface area contributed by atoms with Crippen molar-refractivity contribution in [2.24, 2.45) is 0 Å². The summed E-state index contributed by atoms with van der Waals surface area (Å²) in [7, 11) is 1.44. The van der Waals surface area contributed by atoms with Gasteiger partial charge in [0.1, 0.15) is 11.6 Å². The number of amides is 2. The second kappa shape index (κ2) is 7.58. The Morgan fingerprint density at radius 1 is 1.53 bits per heavy atom. The molecule has 5 nitrogen and oxygen atoms in total. The Kier molecular flexibility index (Phi) is 6.08. The standard InChI is InChI=1S/C13H19FN2O3/c1-9(4-3-7-17)15-13(18)16-11-8-10(14)5-6-12(11)19-2/h5-6,8-9,17H,3-4,7H2,1-2H3,(H2,15,16,18). The number of hydrogen-bond acceptors (Lipinski definition) is 3. The van der Waals surface area contributed by atoms with Gasteiger partial charge in [0.05, 0.1) is 12.8 Å². The summed E-state index contributed by atoms with van der Waals surface area (Å²) in [6.45, 7) is 1.92. The Hall–Kier alpha value is -1.82. The molecule has 0 aliphatic heterocycles. The summed E-state index contributed by atoms with van der Waals surface area (Å²) in [5.41, 5.74) is 0.273. The second-order valence-corrected chi connectivity index (χ2v) is 4.21. The molecule has 0 aliphatic rings. The van der Waals surface area contributed by atoms with Gasteiger partial charge in [-0.3, -0.25) is 0 Å². The summed E-state index contributed by atoms with van der Waals surface area (Å²) in [4.78, 5) is 11.7. The van der Waals surface area contributed by atoms with Crippen LogP contribution in [0.2, 0.25) is 0 Å². The molecule has 1 unspecified atom stereocenters. The Balaban J connectivity index is 2.59. The van der Waals surface area contributed by atoms with Crippen LogP contribution in [-0.4, -0.2) is 30.9 Å². The molecular weight excluding hydrogens is 251 g/mol. The topological polar surface area (TPSA) is 70.6 Å². The SMILES string of the molecule is COc1ccc(F)cc1NC(=O)NC(C)CCCO.